The summed E-state index contributed by atoms with van der Waals surface area (Å²) >= 11 is 0. The number of fused-ring (bicyclic) bond motifs is 2. The molecule has 1 aromatic heterocycles. The number of rotatable bonds is 7. The molecular formula is C42H58N4O10. The minimum atomic E-state index is -1.31. The third kappa shape index (κ3) is 9.52. The molecule has 13 atom stereocenters. The summed E-state index contributed by atoms with van der Waals surface area (Å²) in [5, 5.41) is 19.9. The lowest BCUT2D eigenvalue weighted by Gasteiger charge is -2.47. The highest BCUT2D eigenvalue weighted by Crippen LogP contribution is 2.38. The lowest BCUT2D eigenvalue weighted by atomic mass is 9.75. The number of benzene rings is 1. The Balaban J connectivity index is 1.59. The van der Waals surface area contributed by atoms with Crippen LogP contribution in [0.2, 0.25) is 0 Å². The van der Waals surface area contributed by atoms with Gasteiger partial charge in [-0.25, -0.2) is 4.79 Å². The number of pyridine rings is 1. The summed E-state index contributed by atoms with van der Waals surface area (Å²) < 4.78 is 31.4. The average molecular weight is 779 g/mol. The van der Waals surface area contributed by atoms with Crippen LogP contribution in [-0.2, 0) is 38.1 Å². The van der Waals surface area contributed by atoms with Gasteiger partial charge in [0.05, 0.1) is 35.1 Å². The molecule has 3 saturated heterocycles. The number of ether oxygens (including phenoxy) is 5. The molecule has 0 aliphatic carbocycles. The van der Waals surface area contributed by atoms with Crippen molar-refractivity contribution in [3.05, 3.63) is 42.1 Å². The fourth-order valence-corrected chi connectivity index (χ4v) is 8.41. The molecule has 3 aliphatic rings. The van der Waals surface area contributed by atoms with Crippen LogP contribution < -0.4 is 5.32 Å². The smallest absolute Gasteiger partial charge is 0.407 e. The number of carbonyl (C=O) groups is 3. The van der Waals surface area contributed by atoms with E-state index in [9.17, 15) is 19.5 Å². The Hall–Kier alpha value is -4.13. The molecule has 14 heteroatoms. The summed E-state index contributed by atoms with van der Waals surface area (Å²) in [6.07, 6.45) is -3.07. The van der Waals surface area contributed by atoms with Crippen molar-refractivity contribution in [3.8, 4) is 11.8 Å². The Morgan fingerprint density at radius 3 is 2.52 bits per heavy atom. The van der Waals surface area contributed by atoms with Crippen molar-refractivity contribution >= 4 is 34.5 Å². The molecular weight excluding hydrogens is 720 g/mol. The Morgan fingerprint density at radius 1 is 1.09 bits per heavy atom. The van der Waals surface area contributed by atoms with E-state index in [0.717, 1.165) is 10.9 Å². The van der Waals surface area contributed by atoms with E-state index < -0.39 is 83.9 Å². The van der Waals surface area contributed by atoms with Gasteiger partial charge in [-0.15, -0.1) is 0 Å². The van der Waals surface area contributed by atoms with Crippen molar-refractivity contribution in [2.24, 2.45) is 28.8 Å². The molecule has 3 aliphatic heterocycles. The van der Waals surface area contributed by atoms with Crippen LogP contribution in [0.3, 0.4) is 0 Å². The van der Waals surface area contributed by atoms with E-state index in [4.69, 9.17) is 28.5 Å². The van der Waals surface area contributed by atoms with Gasteiger partial charge in [0, 0.05) is 40.9 Å². The standard InChI is InChI=1S/C42H58N4O10/c1-11-32-37-34(44-41(50)55-37)25(4)33(45-51-10)23(2)21-42(7,52-18-14-15-28-20-29-16-12-13-17-30(29)43-22-28)38(26(5)35(47)27(6)39(49)54-32)56-40-36(48)31(46(8)9)19-24(3)53-40/h12-13,16-17,20,22-27,31-32,34,36-38,40,48H,11,18-19,21H2,1-10H3,(H,44,50)/b45-33+/t23-,24-,25+,26+,27-,31+,32-,34-,36?,37-,38-,40?,42+/m1/s1. The van der Waals surface area contributed by atoms with Gasteiger partial charge in [0.2, 0.25) is 0 Å². The third-order valence-corrected chi connectivity index (χ3v) is 11.5. The Bertz CT molecular complexity index is 1810. The monoisotopic (exact) mass is 778 g/mol. The zero-order valence-electron chi connectivity index (χ0n) is 34.2. The number of ketones is 1. The summed E-state index contributed by atoms with van der Waals surface area (Å²) in [6.45, 7) is 12.5. The van der Waals surface area contributed by atoms with Crippen LogP contribution in [0.1, 0.15) is 73.3 Å². The Morgan fingerprint density at radius 2 is 1.82 bits per heavy atom. The quantitative estimate of drug-likeness (QED) is 0.175. The number of aliphatic hydroxyl groups is 1. The molecule has 306 valence electrons. The molecule has 5 rings (SSSR count). The number of aliphatic hydroxyl groups excluding tert-OH is 1. The van der Waals surface area contributed by atoms with Gasteiger partial charge in [0.25, 0.3) is 0 Å². The highest BCUT2D eigenvalue weighted by molar-refractivity contribution is 6.00. The molecule has 2 unspecified atom stereocenters. The molecule has 1 aromatic carbocycles. The maximum atomic E-state index is 14.5. The number of cyclic esters (lactones) is 1. The van der Waals surface area contributed by atoms with E-state index in [1.165, 1.54) is 14.0 Å². The van der Waals surface area contributed by atoms with Crippen LogP contribution in [0, 0.1) is 35.5 Å². The first-order chi connectivity index (χ1) is 26.6. The van der Waals surface area contributed by atoms with E-state index in [1.54, 1.807) is 13.1 Å². The van der Waals surface area contributed by atoms with Gasteiger partial charge >= 0.3 is 12.1 Å². The molecule has 0 radical (unpaired) electrons. The Kier molecular flexibility index (Phi) is 14.1. The number of oxime groups is 1. The van der Waals surface area contributed by atoms with Crippen LogP contribution in [0.15, 0.2) is 41.7 Å². The number of esters is 1. The average Bonchev–Trinajstić information content (AvgIpc) is 3.56. The summed E-state index contributed by atoms with van der Waals surface area (Å²) in [6, 6.07) is 8.79. The number of hydrogen-bond acceptors (Lipinski definition) is 13. The number of amides is 1. The van der Waals surface area contributed by atoms with Gasteiger partial charge < -0.3 is 43.8 Å². The minimum absolute atomic E-state index is 0.0711. The zero-order chi connectivity index (χ0) is 40.9. The lowest BCUT2D eigenvalue weighted by Crippen LogP contribution is -2.59. The fraction of sp³-hybridized carbons (Fsp3) is 0.643. The molecule has 0 saturated carbocycles. The first-order valence-corrected chi connectivity index (χ1v) is 19.5. The van der Waals surface area contributed by atoms with E-state index in [1.807, 2.05) is 83.9 Å². The van der Waals surface area contributed by atoms with E-state index >= 15 is 0 Å². The SMILES string of the molecule is CC[C@H]1OC(=O)[C@H](C)C(=O)[C@H](C)[C@@H](OC2O[C@H](C)C[C@H](N(C)C)C2O)[C@@](C)(OCC#Cc2cnc3ccccc3c2)C[C@@H](C)/C(=N\OC)[C@H](C)[C@H]2NC(=O)O[C@@H]21. The van der Waals surface area contributed by atoms with Crippen LogP contribution in [0.25, 0.3) is 10.9 Å². The number of likely N-dealkylation sites (N-methyl/N-ethyl adjacent to an activating group) is 1. The molecule has 0 spiro atoms. The highest BCUT2D eigenvalue weighted by Gasteiger charge is 2.52. The molecule has 2 aromatic rings. The second-order valence-electron chi connectivity index (χ2n) is 15.9. The normalized spacial score (nSPS) is 36.5. The number of nitrogens with zero attached hydrogens (tertiary/aromatic N) is 3. The predicted octanol–water partition coefficient (Wildman–Crippen LogP) is 4.49. The number of carbonyl (C=O) groups excluding carboxylic acids is 3. The molecule has 14 nitrogen and oxygen atoms in total. The summed E-state index contributed by atoms with van der Waals surface area (Å²) in [7, 11) is 5.21. The van der Waals surface area contributed by atoms with Crippen LogP contribution in [0.5, 0.6) is 0 Å². The molecule has 56 heavy (non-hydrogen) atoms. The van der Waals surface area contributed by atoms with Crippen molar-refractivity contribution in [2.75, 3.05) is 27.8 Å². The molecule has 2 N–H and O–H groups in total. The summed E-state index contributed by atoms with van der Waals surface area (Å²) in [5.74, 6) is 2.02. The minimum Gasteiger partial charge on any atom is -0.458 e. The van der Waals surface area contributed by atoms with Gasteiger partial charge in [0.1, 0.15) is 31.8 Å². The number of Topliss-reactive ketones (excluding diaryl/α,β-unsaturated/α-hetero) is 1. The van der Waals surface area contributed by atoms with Crippen molar-refractivity contribution in [3.63, 3.8) is 0 Å². The Labute approximate surface area is 329 Å². The van der Waals surface area contributed by atoms with E-state index in [2.05, 4.69) is 27.3 Å². The van der Waals surface area contributed by atoms with Gasteiger partial charge in [0.15, 0.2) is 18.2 Å². The van der Waals surface area contributed by atoms with Gasteiger partial charge in [-0.1, -0.05) is 62.9 Å². The molecule has 0 bridgehead atoms. The van der Waals surface area contributed by atoms with Gasteiger partial charge in [-0.2, -0.15) is 0 Å². The topological polar surface area (TPSA) is 167 Å². The van der Waals surface area contributed by atoms with Crippen LogP contribution >= 0.6 is 0 Å². The van der Waals surface area contributed by atoms with Crippen LogP contribution in [-0.4, -0.2) is 121 Å². The second-order valence-corrected chi connectivity index (χ2v) is 15.9. The van der Waals surface area contributed by atoms with E-state index in [-0.39, 0.29) is 25.2 Å². The highest BCUT2D eigenvalue weighted by atomic mass is 16.7. The molecule has 3 fully saturated rings. The first-order valence-electron chi connectivity index (χ1n) is 19.5. The lowest BCUT2D eigenvalue weighted by molar-refractivity contribution is -0.296. The number of alkyl carbamates (subject to hydrolysis) is 1. The number of hydrogen-bond donors (Lipinski definition) is 2. The van der Waals surface area contributed by atoms with E-state index in [0.29, 0.717) is 24.1 Å². The maximum Gasteiger partial charge on any atom is 0.407 e. The number of nitrogens with one attached hydrogen (secondary N) is 1. The van der Waals surface area contributed by atoms with Crippen molar-refractivity contribution in [1.82, 2.24) is 15.2 Å². The maximum absolute atomic E-state index is 14.5. The number of para-hydroxylation sites is 1. The fourth-order valence-electron chi connectivity index (χ4n) is 8.41. The first kappa shape index (κ1) is 43.0. The molecule has 1 amide bonds. The summed E-state index contributed by atoms with van der Waals surface area (Å²) in [5.41, 5.74) is 0.821. The summed E-state index contributed by atoms with van der Waals surface area (Å²) in [4.78, 5) is 52.8. The molecule has 4 heterocycles. The van der Waals surface area contributed by atoms with Gasteiger partial charge in [-0.3, -0.25) is 14.6 Å². The van der Waals surface area contributed by atoms with Crippen molar-refractivity contribution in [1.29, 1.82) is 0 Å². The number of aromatic nitrogens is 1. The predicted molar refractivity (Wildman–Crippen MR) is 208 cm³/mol. The van der Waals surface area contributed by atoms with Gasteiger partial charge in [-0.05, 0) is 66.3 Å². The van der Waals surface area contributed by atoms with Crippen LogP contribution in [0.4, 0.5) is 4.79 Å². The third-order valence-electron chi connectivity index (χ3n) is 11.5. The van der Waals surface area contributed by atoms with Crippen molar-refractivity contribution in [2.45, 2.75) is 122 Å². The van der Waals surface area contributed by atoms with Crippen molar-refractivity contribution < 1.29 is 48.0 Å². The zero-order valence-corrected chi connectivity index (χ0v) is 34.2. The largest absolute Gasteiger partial charge is 0.458 e. The second kappa shape index (κ2) is 18.4.